The molecular formula is C26H31BrN2O6. The Balaban J connectivity index is 1.92. The first kappa shape index (κ1) is 26.7. The van der Waals surface area contributed by atoms with Gasteiger partial charge in [-0.3, -0.25) is 9.59 Å². The Labute approximate surface area is 213 Å². The molecule has 0 saturated heterocycles. The van der Waals surface area contributed by atoms with Gasteiger partial charge in [0.1, 0.15) is 11.4 Å². The van der Waals surface area contributed by atoms with Crippen LogP contribution in [-0.2, 0) is 19.1 Å². The molecule has 3 N–H and O–H groups in total. The molecule has 1 heterocycles. The number of aliphatic hydroxyl groups excluding tert-OH is 1. The number of carbonyl (C=O) groups excluding carboxylic acids is 2. The molecule has 188 valence electrons. The van der Waals surface area contributed by atoms with Gasteiger partial charge in [-0.05, 0) is 69.2 Å². The average Bonchev–Trinajstić information content (AvgIpc) is 3.19. The molecule has 0 aliphatic carbocycles. The molecule has 8 nitrogen and oxygen atoms in total. The lowest BCUT2D eigenvalue weighted by atomic mass is 9.83. The molecule has 0 radical (unpaired) electrons. The number of benzene rings is 2. The van der Waals surface area contributed by atoms with Gasteiger partial charge in [-0.2, -0.15) is 0 Å². The first-order chi connectivity index (χ1) is 16.5. The van der Waals surface area contributed by atoms with E-state index >= 15 is 0 Å². The molecule has 9 heteroatoms. The lowest BCUT2D eigenvalue weighted by Gasteiger charge is -2.29. The summed E-state index contributed by atoms with van der Waals surface area (Å²) >= 11 is 3.42. The van der Waals surface area contributed by atoms with Crippen LogP contribution in [0.3, 0.4) is 0 Å². The van der Waals surface area contributed by atoms with Gasteiger partial charge < -0.3 is 25.1 Å². The number of aliphatic imine (C=N–C) groups is 1. The highest BCUT2D eigenvalue weighted by molar-refractivity contribution is 9.10. The second-order valence-electron chi connectivity index (χ2n) is 9.29. The summed E-state index contributed by atoms with van der Waals surface area (Å²) < 4.78 is 18.1. The number of esters is 1. The number of nitrogens with zero attached hydrogens (tertiary/aromatic N) is 1. The van der Waals surface area contributed by atoms with Crippen LogP contribution in [0.4, 0.5) is 0 Å². The van der Waals surface area contributed by atoms with Gasteiger partial charge in [0.05, 0.1) is 6.61 Å². The minimum atomic E-state index is -1.49. The molecule has 35 heavy (non-hydrogen) atoms. The highest BCUT2D eigenvalue weighted by Gasteiger charge is 2.52. The van der Waals surface area contributed by atoms with Crippen LogP contribution in [-0.4, -0.2) is 47.2 Å². The number of carbonyl (C=O) groups is 2. The zero-order valence-electron chi connectivity index (χ0n) is 20.1. The van der Waals surface area contributed by atoms with E-state index in [2.05, 4.69) is 20.9 Å². The van der Waals surface area contributed by atoms with Crippen LogP contribution in [0.1, 0.15) is 57.3 Å². The van der Waals surface area contributed by atoms with Crippen molar-refractivity contribution in [2.24, 2.45) is 10.7 Å². The fraction of sp³-hybridized carbons (Fsp3) is 0.423. The van der Waals surface area contributed by atoms with Gasteiger partial charge in [-0.15, -0.1) is 0 Å². The molecular weight excluding hydrogens is 516 g/mol. The summed E-state index contributed by atoms with van der Waals surface area (Å²) in [6.45, 7) is 5.80. The largest absolute Gasteiger partial charge is 0.494 e. The highest BCUT2D eigenvalue weighted by atomic mass is 79.9. The van der Waals surface area contributed by atoms with Gasteiger partial charge in [0, 0.05) is 29.5 Å². The predicted octanol–water partition coefficient (Wildman–Crippen LogP) is 4.07. The Bertz CT molecular complexity index is 1060. The molecule has 1 amide bonds. The quantitative estimate of drug-likeness (QED) is 0.342. The topological polar surface area (TPSA) is 120 Å². The molecule has 3 rings (SSSR count). The van der Waals surface area contributed by atoms with E-state index in [4.69, 9.17) is 25.1 Å². The number of rotatable bonds is 10. The molecule has 0 saturated carbocycles. The first-order valence-corrected chi connectivity index (χ1v) is 12.2. The molecule has 0 bridgehead atoms. The maximum absolute atomic E-state index is 12.9. The van der Waals surface area contributed by atoms with Crippen molar-refractivity contribution in [3.63, 3.8) is 0 Å². The maximum atomic E-state index is 12.9. The Hall–Kier alpha value is -2.91. The van der Waals surface area contributed by atoms with Gasteiger partial charge in [0.25, 0.3) is 0 Å². The number of primary amides is 1. The number of hydrogen-bond acceptors (Lipinski definition) is 7. The molecule has 1 aliphatic heterocycles. The standard InChI is InChI=1S/C26H31BrN2O6/c1-25(2,3)35-21(31)13-14-26(24(28)32)22(17-5-9-19(27)10-6-17)34-23(29-26)18-7-11-20(12-8-18)33-16-4-15-30/h5-12,22,30H,4,13-16H2,1-3H3,(H2,28,32)/t22-,26-/m1/s1. The van der Waals surface area contributed by atoms with Crippen molar-refractivity contribution in [1.82, 2.24) is 0 Å². The van der Waals surface area contributed by atoms with Crippen molar-refractivity contribution in [2.75, 3.05) is 13.2 Å². The summed E-state index contributed by atoms with van der Waals surface area (Å²) in [6, 6.07) is 14.4. The van der Waals surface area contributed by atoms with E-state index in [-0.39, 0.29) is 25.3 Å². The lowest BCUT2D eigenvalue weighted by Crippen LogP contribution is -2.46. The lowest BCUT2D eigenvalue weighted by molar-refractivity contribution is -0.155. The maximum Gasteiger partial charge on any atom is 0.306 e. The normalized spacial score (nSPS) is 19.6. The average molecular weight is 547 g/mol. The fourth-order valence-electron chi connectivity index (χ4n) is 3.72. The summed E-state index contributed by atoms with van der Waals surface area (Å²) in [5, 5.41) is 8.91. The van der Waals surface area contributed by atoms with Gasteiger partial charge in [-0.25, -0.2) is 4.99 Å². The number of hydrogen-bond donors (Lipinski definition) is 2. The number of halogens is 1. The smallest absolute Gasteiger partial charge is 0.306 e. The second-order valence-corrected chi connectivity index (χ2v) is 10.2. The van der Waals surface area contributed by atoms with Crippen molar-refractivity contribution < 1.29 is 28.9 Å². The van der Waals surface area contributed by atoms with Gasteiger partial charge in [0.2, 0.25) is 11.8 Å². The molecule has 2 aromatic carbocycles. The molecule has 0 spiro atoms. The third-order valence-electron chi connectivity index (χ3n) is 5.37. The zero-order valence-corrected chi connectivity index (χ0v) is 21.7. The minimum Gasteiger partial charge on any atom is -0.494 e. The predicted molar refractivity (Wildman–Crippen MR) is 135 cm³/mol. The van der Waals surface area contributed by atoms with Gasteiger partial charge in [-0.1, -0.05) is 28.1 Å². The van der Waals surface area contributed by atoms with E-state index in [1.54, 1.807) is 45.0 Å². The van der Waals surface area contributed by atoms with E-state index in [1.165, 1.54) is 0 Å². The monoisotopic (exact) mass is 546 g/mol. The molecule has 2 aromatic rings. The Morgan fingerprint density at radius 3 is 2.37 bits per heavy atom. The molecule has 2 atom stereocenters. The number of nitrogens with two attached hydrogens (primary N) is 1. The van der Waals surface area contributed by atoms with E-state index in [0.29, 0.717) is 29.9 Å². The number of ether oxygens (including phenoxy) is 3. The Kier molecular flexibility index (Phi) is 8.56. The van der Waals surface area contributed by atoms with E-state index in [1.807, 2.05) is 24.3 Å². The summed E-state index contributed by atoms with van der Waals surface area (Å²) in [5.74, 6) is -0.243. The Morgan fingerprint density at radius 2 is 1.80 bits per heavy atom. The molecule has 1 aliphatic rings. The van der Waals surface area contributed by atoms with Crippen LogP contribution in [0, 0.1) is 0 Å². The first-order valence-electron chi connectivity index (χ1n) is 11.4. The van der Waals surface area contributed by atoms with Crippen molar-refractivity contribution in [3.8, 4) is 5.75 Å². The van der Waals surface area contributed by atoms with Gasteiger partial charge >= 0.3 is 5.97 Å². The minimum absolute atomic E-state index is 0.0316. The molecule has 0 aromatic heterocycles. The highest BCUT2D eigenvalue weighted by Crippen LogP contribution is 2.43. The van der Waals surface area contributed by atoms with Crippen LogP contribution in [0.5, 0.6) is 5.75 Å². The number of aliphatic hydroxyl groups is 1. The zero-order chi connectivity index (χ0) is 25.6. The van der Waals surface area contributed by atoms with Crippen LogP contribution in [0.25, 0.3) is 0 Å². The van der Waals surface area contributed by atoms with Crippen molar-refractivity contribution in [2.45, 2.75) is 57.3 Å². The third kappa shape index (κ3) is 6.82. The number of amides is 1. The van der Waals surface area contributed by atoms with E-state index < -0.39 is 29.1 Å². The van der Waals surface area contributed by atoms with Crippen molar-refractivity contribution >= 4 is 33.7 Å². The summed E-state index contributed by atoms with van der Waals surface area (Å²) in [7, 11) is 0. The SMILES string of the molecule is CC(C)(C)OC(=O)CC[C@@]1(C(N)=O)N=C(c2ccc(OCCCO)cc2)O[C@@H]1c1ccc(Br)cc1. The van der Waals surface area contributed by atoms with Crippen LogP contribution < -0.4 is 10.5 Å². The van der Waals surface area contributed by atoms with Gasteiger partial charge in [0.15, 0.2) is 11.6 Å². The molecule has 0 fully saturated rings. The van der Waals surface area contributed by atoms with E-state index in [9.17, 15) is 9.59 Å². The Morgan fingerprint density at radius 1 is 1.14 bits per heavy atom. The van der Waals surface area contributed by atoms with E-state index in [0.717, 1.165) is 4.47 Å². The summed E-state index contributed by atoms with van der Waals surface area (Å²) in [6.07, 6.45) is -0.300. The third-order valence-corrected chi connectivity index (χ3v) is 5.90. The van der Waals surface area contributed by atoms with Crippen LogP contribution >= 0.6 is 15.9 Å². The van der Waals surface area contributed by atoms with Crippen LogP contribution in [0.15, 0.2) is 58.0 Å². The second kappa shape index (κ2) is 11.2. The van der Waals surface area contributed by atoms with Crippen molar-refractivity contribution in [3.05, 3.63) is 64.1 Å². The van der Waals surface area contributed by atoms with Crippen LogP contribution in [0.2, 0.25) is 0 Å². The van der Waals surface area contributed by atoms with Crippen molar-refractivity contribution in [1.29, 1.82) is 0 Å². The summed E-state index contributed by atoms with van der Waals surface area (Å²) in [4.78, 5) is 30.0. The molecule has 0 unspecified atom stereocenters. The summed E-state index contributed by atoms with van der Waals surface area (Å²) in [5.41, 5.74) is 5.12. The fourth-order valence-corrected chi connectivity index (χ4v) is 3.98.